The minimum absolute atomic E-state index is 0.0896. The van der Waals surface area contributed by atoms with Crippen molar-refractivity contribution in [3.8, 4) is 33.8 Å². The molecule has 0 aliphatic heterocycles. The molecule has 35 heavy (non-hydrogen) atoms. The van der Waals surface area contributed by atoms with E-state index in [9.17, 15) is 9.59 Å². The van der Waals surface area contributed by atoms with Crippen molar-refractivity contribution in [2.75, 3.05) is 14.2 Å². The molecule has 0 fully saturated rings. The Bertz CT molecular complexity index is 1570. The van der Waals surface area contributed by atoms with Gasteiger partial charge in [0.2, 0.25) is 0 Å². The number of hydrogen-bond acceptors (Lipinski definition) is 6. The van der Waals surface area contributed by atoms with Crippen LogP contribution in [-0.2, 0) is 6.54 Å². The molecule has 7 heteroatoms. The SMILES string of the molecule is COc1ccc(-c2csc3ncn(CC(=O)c4ccc(-c5ccccc5)cc4)c(=O)c23)cc1OC. The number of rotatable bonds is 7. The number of carbonyl (C=O) groups is 1. The number of nitrogens with zero attached hydrogens (tertiary/aromatic N) is 2. The number of benzene rings is 3. The Labute approximate surface area is 206 Å². The van der Waals surface area contributed by atoms with Crippen LogP contribution in [0, 0.1) is 0 Å². The van der Waals surface area contributed by atoms with Crippen molar-refractivity contribution in [2.24, 2.45) is 0 Å². The van der Waals surface area contributed by atoms with Crippen LogP contribution in [0.4, 0.5) is 0 Å². The zero-order chi connectivity index (χ0) is 24.4. The summed E-state index contributed by atoms with van der Waals surface area (Å²) in [6.45, 7) is -0.0896. The van der Waals surface area contributed by atoms with Crippen molar-refractivity contribution in [2.45, 2.75) is 6.54 Å². The fourth-order valence-corrected chi connectivity index (χ4v) is 4.93. The molecule has 5 aromatic rings. The molecule has 0 atom stereocenters. The largest absolute Gasteiger partial charge is 0.493 e. The number of aromatic nitrogens is 2. The Balaban J connectivity index is 1.45. The monoisotopic (exact) mass is 482 g/mol. The fourth-order valence-electron chi connectivity index (χ4n) is 4.02. The maximum atomic E-state index is 13.4. The van der Waals surface area contributed by atoms with Gasteiger partial charge in [-0.15, -0.1) is 11.3 Å². The highest BCUT2D eigenvalue weighted by Crippen LogP contribution is 2.36. The summed E-state index contributed by atoms with van der Waals surface area (Å²) in [5.41, 5.74) is 3.96. The van der Waals surface area contributed by atoms with E-state index < -0.39 is 0 Å². The molecule has 0 unspecified atom stereocenters. The van der Waals surface area contributed by atoms with Crippen LogP contribution in [0.25, 0.3) is 32.5 Å². The summed E-state index contributed by atoms with van der Waals surface area (Å²) in [6, 6.07) is 22.9. The van der Waals surface area contributed by atoms with Crippen LogP contribution in [-0.4, -0.2) is 29.6 Å². The first kappa shape index (κ1) is 22.6. The van der Waals surface area contributed by atoms with Crippen molar-refractivity contribution in [1.29, 1.82) is 0 Å². The molecule has 3 aromatic carbocycles. The average molecular weight is 483 g/mol. The number of thiophene rings is 1. The molecule has 0 aliphatic rings. The number of Topliss-reactive ketones (excluding diaryl/α,β-unsaturated/α-hetero) is 1. The molecule has 0 amide bonds. The van der Waals surface area contributed by atoms with Gasteiger partial charge in [-0.1, -0.05) is 60.7 Å². The van der Waals surface area contributed by atoms with Crippen LogP contribution >= 0.6 is 11.3 Å². The number of fused-ring (bicyclic) bond motifs is 1. The van der Waals surface area contributed by atoms with Crippen molar-refractivity contribution in [3.63, 3.8) is 0 Å². The highest BCUT2D eigenvalue weighted by molar-refractivity contribution is 7.17. The molecule has 0 spiro atoms. The van der Waals surface area contributed by atoms with Gasteiger partial charge < -0.3 is 9.47 Å². The third-order valence-electron chi connectivity index (χ3n) is 5.88. The van der Waals surface area contributed by atoms with E-state index in [0.29, 0.717) is 27.3 Å². The third-order valence-corrected chi connectivity index (χ3v) is 6.77. The normalized spacial score (nSPS) is 10.9. The van der Waals surface area contributed by atoms with Crippen LogP contribution < -0.4 is 15.0 Å². The molecule has 0 saturated carbocycles. The van der Waals surface area contributed by atoms with Gasteiger partial charge in [0.25, 0.3) is 5.56 Å². The lowest BCUT2D eigenvalue weighted by molar-refractivity contribution is 0.0970. The molecule has 6 nitrogen and oxygen atoms in total. The van der Waals surface area contributed by atoms with Gasteiger partial charge in [-0.2, -0.15) is 0 Å². The molecular formula is C28H22N2O4S. The van der Waals surface area contributed by atoms with Crippen LogP contribution in [0.5, 0.6) is 11.5 Å². The summed E-state index contributed by atoms with van der Waals surface area (Å²) in [6.07, 6.45) is 1.44. The first-order valence-corrected chi connectivity index (χ1v) is 11.8. The van der Waals surface area contributed by atoms with Crippen molar-refractivity contribution in [1.82, 2.24) is 9.55 Å². The van der Waals surface area contributed by atoms with E-state index >= 15 is 0 Å². The van der Waals surface area contributed by atoms with Crippen LogP contribution in [0.2, 0.25) is 0 Å². The van der Waals surface area contributed by atoms with E-state index in [0.717, 1.165) is 22.3 Å². The van der Waals surface area contributed by atoms with Gasteiger partial charge in [0.1, 0.15) is 4.83 Å². The number of ketones is 1. The summed E-state index contributed by atoms with van der Waals surface area (Å²) in [4.78, 5) is 31.4. The third kappa shape index (κ3) is 4.34. The molecule has 0 radical (unpaired) electrons. The van der Waals surface area contributed by atoms with Crippen molar-refractivity contribution in [3.05, 3.63) is 100 Å². The van der Waals surface area contributed by atoms with Gasteiger partial charge in [-0.25, -0.2) is 4.98 Å². The van der Waals surface area contributed by atoms with E-state index in [1.54, 1.807) is 32.4 Å². The Morgan fingerprint density at radius 3 is 2.29 bits per heavy atom. The lowest BCUT2D eigenvalue weighted by atomic mass is 10.0. The second-order valence-electron chi connectivity index (χ2n) is 7.94. The van der Waals surface area contributed by atoms with Gasteiger partial charge in [0.05, 0.1) is 32.5 Å². The number of ether oxygens (including phenoxy) is 2. The molecule has 2 aromatic heterocycles. The zero-order valence-corrected chi connectivity index (χ0v) is 20.0. The smallest absolute Gasteiger partial charge is 0.263 e. The Hall–Kier alpha value is -4.23. The summed E-state index contributed by atoms with van der Waals surface area (Å²) >= 11 is 1.39. The second-order valence-corrected chi connectivity index (χ2v) is 8.80. The maximum absolute atomic E-state index is 13.4. The van der Waals surface area contributed by atoms with Gasteiger partial charge in [0, 0.05) is 16.5 Å². The average Bonchev–Trinajstić information content (AvgIpc) is 3.35. The molecule has 2 heterocycles. The highest BCUT2D eigenvalue weighted by atomic mass is 32.1. The molecule has 0 aliphatic carbocycles. The van der Waals surface area contributed by atoms with Crippen LogP contribution in [0.15, 0.2) is 89.3 Å². The Morgan fingerprint density at radius 1 is 0.886 bits per heavy atom. The molecular weight excluding hydrogens is 460 g/mol. The lowest BCUT2D eigenvalue weighted by Crippen LogP contribution is -2.24. The standard InChI is InChI=1S/C28H22N2O4S/c1-33-24-13-12-21(14-25(24)34-2)22-16-35-27-26(22)28(32)30(17-29-27)15-23(31)20-10-8-19(9-11-20)18-6-4-3-5-7-18/h3-14,16-17H,15H2,1-2H3. The number of methoxy groups -OCH3 is 2. The number of hydrogen-bond donors (Lipinski definition) is 0. The van der Waals surface area contributed by atoms with Gasteiger partial charge in [-0.05, 0) is 28.8 Å². The maximum Gasteiger partial charge on any atom is 0.263 e. The van der Waals surface area contributed by atoms with Crippen molar-refractivity contribution >= 4 is 27.3 Å². The summed E-state index contributed by atoms with van der Waals surface area (Å²) in [5, 5.41) is 2.38. The number of carbonyl (C=O) groups excluding carboxylic acids is 1. The predicted molar refractivity (Wildman–Crippen MR) is 139 cm³/mol. The van der Waals surface area contributed by atoms with Gasteiger partial charge in [-0.3, -0.25) is 14.2 Å². The predicted octanol–water partition coefficient (Wildman–Crippen LogP) is 5.69. The molecule has 174 valence electrons. The van der Waals surface area contributed by atoms with Gasteiger partial charge in [0.15, 0.2) is 17.3 Å². The highest BCUT2D eigenvalue weighted by Gasteiger charge is 2.17. The lowest BCUT2D eigenvalue weighted by Gasteiger charge is -2.10. The molecule has 0 N–H and O–H groups in total. The minimum Gasteiger partial charge on any atom is -0.493 e. The van der Waals surface area contributed by atoms with Crippen molar-refractivity contribution < 1.29 is 14.3 Å². The van der Waals surface area contributed by atoms with E-state index in [4.69, 9.17) is 9.47 Å². The fraction of sp³-hybridized carbons (Fsp3) is 0.107. The van der Waals surface area contributed by atoms with Gasteiger partial charge >= 0.3 is 0 Å². The molecule has 0 saturated heterocycles. The van der Waals surface area contributed by atoms with Crippen LogP contribution in [0.3, 0.4) is 0 Å². The van der Waals surface area contributed by atoms with E-state index in [2.05, 4.69) is 4.98 Å². The second kappa shape index (κ2) is 9.56. The molecule has 0 bridgehead atoms. The van der Waals surface area contributed by atoms with E-state index in [-0.39, 0.29) is 17.9 Å². The Morgan fingerprint density at radius 2 is 1.57 bits per heavy atom. The molecule has 5 rings (SSSR count). The first-order chi connectivity index (χ1) is 17.1. The first-order valence-electron chi connectivity index (χ1n) is 11.0. The summed E-state index contributed by atoms with van der Waals surface area (Å²) < 4.78 is 12.1. The topological polar surface area (TPSA) is 70.4 Å². The minimum atomic E-state index is -0.254. The quantitative estimate of drug-likeness (QED) is 0.279. The van der Waals surface area contributed by atoms with Crippen LogP contribution in [0.1, 0.15) is 10.4 Å². The Kier molecular flexibility index (Phi) is 6.16. The van der Waals surface area contributed by atoms with E-state index in [1.165, 1.54) is 22.2 Å². The summed E-state index contributed by atoms with van der Waals surface area (Å²) in [5.74, 6) is 1.02. The summed E-state index contributed by atoms with van der Waals surface area (Å²) in [7, 11) is 3.15. The van der Waals surface area contributed by atoms with E-state index in [1.807, 2.05) is 60.0 Å². The zero-order valence-electron chi connectivity index (χ0n) is 19.2.